The molecule has 360 valence electrons. The maximum atomic E-state index is 14.0. The number of aromatic hydroxyl groups is 1. The summed E-state index contributed by atoms with van der Waals surface area (Å²) >= 11 is 0. The lowest BCUT2D eigenvalue weighted by Crippen LogP contribution is -2.54. The Labute approximate surface area is 403 Å². The Bertz CT molecular complexity index is 3050. The zero-order valence-electron chi connectivity index (χ0n) is 39.1. The first-order valence-corrected chi connectivity index (χ1v) is 22.9. The highest BCUT2D eigenvalue weighted by atomic mass is 16.3. The lowest BCUT2D eigenvalue weighted by molar-refractivity contribution is -0.123. The normalized spacial score (nSPS) is 13.4. The Morgan fingerprint density at radius 3 is 2.04 bits per heavy atom. The summed E-state index contributed by atoms with van der Waals surface area (Å²) in [4.78, 5) is 120. The molecule has 0 spiro atoms. The number of carbonyl (C=O) groups excluding carboxylic acids is 7. The summed E-state index contributed by atoms with van der Waals surface area (Å²) in [7, 11) is 0. The van der Waals surface area contributed by atoms with Crippen molar-refractivity contribution in [3.63, 3.8) is 0 Å². The molecule has 0 atom stereocenters. The highest BCUT2D eigenvalue weighted by Crippen LogP contribution is 2.26. The second-order valence-corrected chi connectivity index (χ2v) is 16.9. The third-order valence-corrected chi connectivity index (χ3v) is 11.3. The van der Waals surface area contributed by atoms with E-state index in [1.54, 1.807) is 48.5 Å². The number of Topliss-reactive ketones (excluding diaryl/α,β-unsaturated/α-hetero) is 2. The summed E-state index contributed by atoms with van der Waals surface area (Å²) in [6.45, 7) is 5.48. The van der Waals surface area contributed by atoms with Gasteiger partial charge in [-0.3, -0.25) is 43.9 Å². The molecule has 6 amide bonds. The van der Waals surface area contributed by atoms with Crippen molar-refractivity contribution in [2.24, 2.45) is 0 Å². The van der Waals surface area contributed by atoms with E-state index in [1.165, 1.54) is 61.6 Å². The Hall–Kier alpha value is -8.53. The van der Waals surface area contributed by atoms with Gasteiger partial charge >= 0.3 is 11.7 Å². The van der Waals surface area contributed by atoms with E-state index in [-0.39, 0.29) is 65.3 Å². The maximum absolute atomic E-state index is 14.0. The number of rotatable bonds is 21. The van der Waals surface area contributed by atoms with E-state index in [4.69, 9.17) is 0 Å². The van der Waals surface area contributed by atoms with Gasteiger partial charge in [-0.1, -0.05) is 92.6 Å². The monoisotopic (exact) mass is 946 g/mol. The number of carbonyl (C=O) groups is 7. The number of aromatic nitrogens is 2. The molecule has 4 aromatic carbocycles. The van der Waals surface area contributed by atoms with Crippen LogP contribution in [0.1, 0.15) is 93.0 Å². The van der Waals surface area contributed by atoms with Crippen LogP contribution in [0.2, 0.25) is 0 Å². The average Bonchev–Trinajstić information content (AvgIpc) is 3.31. The van der Waals surface area contributed by atoms with Gasteiger partial charge in [0.1, 0.15) is 22.7 Å². The molecule has 1 aliphatic heterocycles. The van der Waals surface area contributed by atoms with Gasteiger partial charge in [0.15, 0.2) is 0 Å². The minimum Gasteiger partial charge on any atom is -0.494 e. The number of urea groups is 1. The molecule has 70 heavy (non-hydrogen) atoms. The molecule has 5 aromatic rings. The molecule has 6 rings (SSSR count). The van der Waals surface area contributed by atoms with Crippen LogP contribution in [0.25, 0.3) is 17.3 Å². The molecule has 1 saturated heterocycles. The van der Waals surface area contributed by atoms with Crippen LogP contribution in [-0.2, 0) is 41.6 Å². The van der Waals surface area contributed by atoms with Gasteiger partial charge in [-0.05, 0) is 109 Å². The first-order valence-electron chi connectivity index (χ1n) is 22.9. The van der Waals surface area contributed by atoms with Crippen LogP contribution < -0.4 is 32.1 Å². The van der Waals surface area contributed by atoms with Crippen molar-refractivity contribution in [3.05, 3.63) is 170 Å². The van der Waals surface area contributed by atoms with Gasteiger partial charge in [0, 0.05) is 43.5 Å². The minimum atomic E-state index is -0.985. The molecule has 0 saturated carbocycles. The van der Waals surface area contributed by atoms with Crippen molar-refractivity contribution in [3.8, 4) is 11.6 Å². The first kappa shape index (κ1) is 50.9. The van der Waals surface area contributed by atoms with Crippen molar-refractivity contribution in [1.29, 1.82) is 0 Å². The number of amides is 6. The third-order valence-electron chi connectivity index (χ3n) is 11.3. The van der Waals surface area contributed by atoms with Crippen molar-refractivity contribution in [2.45, 2.75) is 85.0 Å². The number of nitrogens with zero attached hydrogens (tertiary/aromatic N) is 2. The van der Waals surface area contributed by atoms with Gasteiger partial charge in [-0.15, -0.1) is 0 Å². The lowest BCUT2D eigenvalue weighted by Gasteiger charge is -2.26. The number of anilines is 3. The molecular formula is C54H54N6O10. The molecule has 0 aliphatic carbocycles. The average molecular weight is 947 g/mol. The quantitative estimate of drug-likeness (QED) is 0.0207. The fourth-order valence-corrected chi connectivity index (χ4v) is 7.70. The Kier molecular flexibility index (Phi) is 17.4. The number of imide groups is 2. The molecule has 2 heterocycles. The predicted octanol–water partition coefficient (Wildman–Crippen LogP) is 7.81. The van der Waals surface area contributed by atoms with Crippen molar-refractivity contribution >= 4 is 69.9 Å². The van der Waals surface area contributed by atoms with Crippen molar-refractivity contribution in [1.82, 2.24) is 14.9 Å². The second kappa shape index (κ2) is 24.0. The zero-order valence-corrected chi connectivity index (χ0v) is 39.1. The largest absolute Gasteiger partial charge is 0.494 e. The minimum absolute atomic E-state index is 0.0188. The summed E-state index contributed by atoms with van der Waals surface area (Å²) < 4.78 is 0.787. The number of allylic oxidation sites excluding steroid dienone is 4. The number of hydrogen-bond acceptors (Lipinski definition) is 10. The molecule has 0 radical (unpaired) electrons. The van der Waals surface area contributed by atoms with E-state index in [0.29, 0.717) is 48.9 Å². The fraction of sp³-hybridized carbons (Fsp3) is 0.241. The van der Waals surface area contributed by atoms with Crippen LogP contribution in [-0.4, -0.2) is 55.9 Å². The van der Waals surface area contributed by atoms with E-state index < -0.39 is 40.5 Å². The number of benzene rings is 4. The number of nitrogens with one attached hydrogen (secondary N) is 4. The Balaban J connectivity index is 1.16. The summed E-state index contributed by atoms with van der Waals surface area (Å²) in [6.07, 6.45) is 10.0. The van der Waals surface area contributed by atoms with Gasteiger partial charge in [0.2, 0.25) is 17.7 Å². The number of ketones is 2. The second-order valence-electron chi connectivity index (χ2n) is 16.9. The maximum Gasteiger partial charge on any atom is 0.335 e. The molecule has 16 nitrogen and oxygen atoms in total. The van der Waals surface area contributed by atoms with Gasteiger partial charge in [-0.25, -0.2) is 19.1 Å². The van der Waals surface area contributed by atoms with E-state index in [0.717, 1.165) is 39.0 Å². The van der Waals surface area contributed by atoms with Crippen LogP contribution in [0.3, 0.4) is 0 Å². The highest BCUT2D eigenvalue weighted by molar-refractivity contribution is 6.37. The number of unbranched alkanes of at least 4 members (excludes halogenated alkanes) is 3. The number of H-pyrrole nitrogens is 1. The molecule has 0 bridgehead atoms. The molecule has 16 heteroatoms. The summed E-state index contributed by atoms with van der Waals surface area (Å²) in [5, 5.41) is 18.6. The Morgan fingerprint density at radius 2 is 1.37 bits per heavy atom. The van der Waals surface area contributed by atoms with Gasteiger partial charge < -0.3 is 15.7 Å². The SMILES string of the molecule is CCCCCC(=O)Nc1cccc(N2C(=O)NC(=O)C(=CC=C(C=Cc3c(O)[nH]c(=O)n(-c4cccc(NC(=O)CCCCC(=O)Cc5ccc(C)c(CC(C)=O)c5)c4)c3=O)c3ccccc3)C2=O)c1. The molecule has 1 aromatic heterocycles. The molecule has 1 aliphatic rings. The highest BCUT2D eigenvalue weighted by Gasteiger charge is 2.36. The van der Waals surface area contributed by atoms with Crippen LogP contribution >= 0.6 is 0 Å². The molecule has 1 fully saturated rings. The number of hydrogen-bond donors (Lipinski definition) is 5. The number of aryl methyl sites for hydroxylation is 1. The molecular weight excluding hydrogens is 893 g/mol. The van der Waals surface area contributed by atoms with Crippen LogP contribution in [0.15, 0.2) is 130 Å². The van der Waals surface area contributed by atoms with Crippen LogP contribution in [0.5, 0.6) is 5.88 Å². The first-order chi connectivity index (χ1) is 33.6. The summed E-state index contributed by atoms with van der Waals surface area (Å²) in [5.41, 5.74) is 1.88. The number of aromatic amines is 1. The van der Waals surface area contributed by atoms with Crippen LogP contribution in [0.4, 0.5) is 21.9 Å². The lowest BCUT2D eigenvalue weighted by atomic mass is 9.97. The topological polar surface area (TPSA) is 234 Å². The smallest absolute Gasteiger partial charge is 0.335 e. The fourth-order valence-electron chi connectivity index (χ4n) is 7.70. The molecule has 0 unspecified atom stereocenters. The van der Waals surface area contributed by atoms with Crippen molar-refractivity contribution < 1.29 is 38.7 Å². The van der Waals surface area contributed by atoms with Gasteiger partial charge in [0.25, 0.3) is 17.4 Å². The molecule has 5 N–H and O–H groups in total. The number of barbiturate groups is 1. The summed E-state index contributed by atoms with van der Waals surface area (Å²) in [6, 6.07) is 25.5. The summed E-state index contributed by atoms with van der Waals surface area (Å²) in [5.74, 6) is -3.13. The third kappa shape index (κ3) is 13.6. The Morgan fingerprint density at radius 1 is 0.729 bits per heavy atom. The van der Waals surface area contributed by atoms with Crippen LogP contribution in [0, 0.1) is 6.92 Å². The van der Waals surface area contributed by atoms with Crippen molar-refractivity contribution in [2.75, 3.05) is 15.5 Å². The van der Waals surface area contributed by atoms with Gasteiger partial charge in [0.05, 0.1) is 11.4 Å². The van der Waals surface area contributed by atoms with E-state index in [1.807, 2.05) is 32.0 Å². The van der Waals surface area contributed by atoms with E-state index in [9.17, 15) is 48.3 Å². The van der Waals surface area contributed by atoms with E-state index >= 15 is 0 Å². The van der Waals surface area contributed by atoms with E-state index in [2.05, 4.69) is 20.9 Å². The van der Waals surface area contributed by atoms with Gasteiger partial charge in [-0.2, -0.15) is 0 Å². The standard InChI is InChI=1S/C54H54N6O10/c1-4-5-7-21-47(63)55-40-16-12-18-42(32-40)59-51(67)45(49(65)57-53(59)69)27-25-38(37-14-8-6-9-15-37)26-28-46-50(66)58-54(70)60(52(46)68)43-19-13-17-41(33-43)56-48(64)22-11-10-20-44(62)31-36-24-23-34(2)39(30-36)29-35(3)61/h6,8-9,12-19,23-28,30,32-33,66H,4-5,7,10-11,20-22,29,31H2,1-3H3,(H,55,63)(H,56,64)(H,58,70)(H,57,65,69). The predicted molar refractivity (Wildman–Crippen MR) is 267 cm³/mol. The zero-order chi connectivity index (χ0) is 50.3.